The van der Waals surface area contributed by atoms with E-state index in [1.165, 1.54) is 5.69 Å². The molecule has 4 fully saturated rings. The molecule has 18 heavy (non-hydrogen) atoms. The maximum absolute atomic E-state index is 8.72. The van der Waals surface area contributed by atoms with Crippen LogP contribution in [0.2, 0.25) is 0 Å². The van der Waals surface area contributed by atoms with E-state index in [4.69, 9.17) is 15.7 Å². The van der Waals surface area contributed by atoms with Crippen molar-refractivity contribution in [2.75, 3.05) is 0 Å². The van der Waals surface area contributed by atoms with E-state index >= 15 is 0 Å². The summed E-state index contributed by atoms with van der Waals surface area (Å²) in [6.07, 6.45) is 5.16. The molecule has 0 radical (unpaired) electrons. The van der Waals surface area contributed by atoms with Crippen molar-refractivity contribution in [1.29, 1.82) is 5.26 Å². The van der Waals surface area contributed by atoms with Crippen LogP contribution < -0.4 is 10.5 Å². The number of nitrogens with two attached hydrogens (primary N) is 1. The van der Waals surface area contributed by atoms with Gasteiger partial charge in [0.25, 0.3) is 5.19 Å². The van der Waals surface area contributed by atoms with Gasteiger partial charge in [0.1, 0.15) is 6.10 Å². The highest BCUT2D eigenvalue weighted by atomic mass is 32.1. The zero-order chi connectivity index (χ0) is 12.4. The van der Waals surface area contributed by atoms with Crippen LogP contribution in [0.5, 0.6) is 5.19 Å². The van der Waals surface area contributed by atoms with Gasteiger partial charge >= 0.3 is 0 Å². The minimum absolute atomic E-state index is 0.124. The van der Waals surface area contributed by atoms with Crippen LogP contribution in [0.4, 0.5) is 0 Å². The van der Waals surface area contributed by atoms with E-state index in [9.17, 15) is 0 Å². The lowest BCUT2D eigenvalue weighted by Gasteiger charge is -2.68. The lowest BCUT2D eigenvalue weighted by atomic mass is 9.39. The minimum Gasteiger partial charge on any atom is -0.467 e. The van der Waals surface area contributed by atoms with E-state index in [0.29, 0.717) is 0 Å². The fourth-order valence-electron chi connectivity index (χ4n) is 3.60. The smallest absolute Gasteiger partial charge is 0.273 e. The topological polar surface area (TPSA) is 71.9 Å². The second-order valence-electron chi connectivity index (χ2n) is 6.21. The molecule has 0 aliphatic heterocycles. The van der Waals surface area contributed by atoms with Crippen LogP contribution in [0, 0.1) is 17.2 Å². The van der Waals surface area contributed by atoms with Gasteiger partial charge in [-0.2, -0.15) is 5.26 Å². The predicted molar refractivity (Wildman–Crippen MR) is 67.3 cm³/mol. The molecular weight excluding hydrogens is 246 g/mol. The van der Waals surface area contributed by atoms with Crippen LogP contribution in [0.15, 0.2) is 5.38 Å². The third kappa shape index (κ3) is 1.36. The van der Waals surface area contributed by atoms with Crippen molar-refractivity contribution in [2.45, 2.75) is 49.2 Å². The van der Waals surface area contributed by atoms with Gasteiger partial charge in [-0.05, 0) is 19.3 Å². The first kappa shape index (κ1) is 10.8. The molecule has 4 aliphatic carbocycles. The Balaban J connectivity index is 1.40. The molecule has 2 N–H and O–H groups in total. The summed E-state index contributed by atoms with van der Waals surface area (Å²) in [7, 11) is 0. The summed E-state index contributed by atoms with van der Waals surface area (Å²) in [4.78, 5) is 4.60. The molecule has 4 saturated carbocycles. The van der Waals surface area contributed by atoms with Gasteiger partial charge in [-0.15, -0.1) is 0 Å². The summed E-state index contributed by atoms with van der Waals surface area (Å²) >= 11 is 1.58. The second kappa shape index (κ2) is 3.25. The summed E-state index contributed by atoms with van der Waals surface area (Å²) in [5.74, 6) is 0.184. The zero-order valence-electron chi connectivity index (χ0n) is 10.1. The normalized spacial score (nSPS) is 44.2. The molecule has 5 rings (SSSR count). The Labute approximate surface area is 110 Å². The van der Waals surface area contributed by atoms with E-state index in [-0.39, 0.29) is 23.0 Å². The maximum atomic E-state index is 8.72. The molecule has 5 heteroatoms. The van der Waals surface area contributed by atoms with Crippen molar-refractivity contribution in [3.63, 3.8) is 0 Å². The molecule has 4 nitrogen and oxygen atoms in total. The molecule has 0 saturated heterocycles. The predicted octanol–water partition coefficient (Wildman–Crippen LogP) is 1.96. The van der Waals surface area contributed by atoms with Crippen LogP contribution in [0.25, 0.3) is 0 Å². The number of aromatic nitrogens is 1. The molecule has 0 unspecified atom stereocenters. The van der Waals surface area contributed by atoms with E-state index < -0.39 is 0 Å². The van der Waals surface area contributed by atoms with Crippen LogP contribution >= 0.6 is 11.3 Å². The molecule has 2 bridgehead atoms. The van der Waals surface area contributed by atoms with Gasteiger partial charge < -0.3 is 10.5 Å². The van der Waals surface area contributed by atoms with Gasteiger partial charge in [0.2, 0.25) is 0 Å². The highest BCUT2D eigenvalue weighted by Crippen LogP contribution is 2.66. The number of nitrogens with zero attached hydrogens (tertiary/aromatic N) is 2. The van der Waals surface area contributed by atoms with Crippen LogP contribution in [-0.2, 0) is 5.41 Å². The molecule has 0 atom stereocenters. The Morgan fingerprint density at radius 1 is 1.44 bits per heavy atom. The average molecular weight is 261 g/mol. The Morgan fingerprint density at radius 3 is 2.78 bits per heavy atom. The van der Waals surface area contributed by atoms with Gasteiger partial charge in [0.15, 0.2) is 0 Å². The van der Waals surface area contributed by atoms with Gasteiger partial charge in [-0.1, -0.05) is 11.3 Å². The average Bonchev–Trinajstić information content (AvgIpc) is 2.65. The number of rotatable bonds is 3. The van der Waals surface area contributed by atoms with Gasteiger partial charge in [-0.25, -0.2) is 4.98 Å². The summed E-state index contributed by atoms with van der Waals surface area (Å²) in [5, 5.41) is 11.6. The fraction of sp³-hybridized carbons (Fsp3) is 0.692. The van der Waals surface area contributed by atoms with Gasteiger partial charge in [-0.3, -0.25) is 0 Å². The number of hydrogen-bond acceptors (Lipinski definition) is 5. The first-order valence-electron chi connectivity index (χ1n) is 6.42. The van der Waals surface area contributed by atoms with Gasteiger partial charge in [0.05, 0.1) is 17.7 Å². The summed E-state index contributed by atoms with van der Waals surface area (Å²) in [6, 6.07) is 2.26. The van der Waals surface area contributed by atoms with Gasteiger partial charge in [0, 0.05) is 29.2 Å². The van der Waals surface area contributed by atoms with Crippen molar-refractivity contribution < 1.29 is 4.74 Å². The third-order valence-electron chi connectivity index (χ3n) is 4.64. The van der Waals surface area contributed by atoms with Crippen molar-refractivity contribution in [1.82, 2.24) is 4.98 Å². The van der Waals surface area contributed by atoms with E-state index in [0.717, 1.165) is 37.3 Å². The van der Waals surface area contributed by atoms with Crippen molar-refractivity contribution in [3.05, 3.63) is 11.1 Å². The monoisotopic (exact) mass is 261 g/mol. The molecular formula is C13H15N3OS. The molecule has 1 aromatic heterocycles. The largest absolute Gasteiger partial charge is 0.467 e. The first-order chi connectivity index (χ1) is 8.61. The minimum atomic E-state index is 0.124. The van der Waals surface area contributed by atoms with Crippen LogP contribution in [0.3, 0.4) is 0 Å². The molecule has 94 valence electrons. The van der Waals surface area contributed by atoms with Crippen molar-refractivity contribution in [2.24, 2.45) is 11.7 Å². The number of nitriles is 1. The number of hydrogen-bond donors (Lipinski definition) is 1. The molecule has 0 spiro atoms. The Bertz CT molecular complexity index is 521. The Hall–Kier alpha value is -1.12. The lowest BCUT2D eigenvalue weighted by molar-refractivity contribution is -0.0620. The van der Waals surface area contributed by atoms with E-state index in [2.05, 4.69) is 16.4 Å². The van der Waals surface area contributed by atoms with Crippen LogP contribution in [-0.4, -0.2) is 16.6 Å². The molecule has 1 heterocycles. The zero-order valence-corrected chi connectivity index (χ0v) is 10.9. The Morgan fingerprint density at radius 2 is 2.17 bits per heavy atom. The Kier molecular flexibility index (Phi) is 1.95. The van der Waals surface area contributed by atoms with E-state index in [1.54, 1.807) is 11.3 Å². The standard InChI is InChI=1S/C13H15N3OS/c14-3-8-1-9(2-8)17-11-16-10(4-18-11)12-5-13(15,6-12)7-12/h4,8-9H,1-2,5-7,15H2. The van der Waals surface area contributed by atoms with Crippen molar-refractivity contribution >= 4 is 11.3 Å². The molecule has 1 aromatic rings. The number of ether oxygens (including phenoxy) is 1. The fourth-order valence-corrected chi connectivity index (χ4v) is 4.46. The molecule has 0 aromatic carbocycles. The van der Waals surface area contributed by atoms with Crippen LogP contribution in [0.1, 0.15) is 37.8 Å². The quantitative estimate of drug-likeness (QED) is 0.902. The maximum Gasteiger partial charge on any atom is 0.273 e. The second-order valence-corrected chi connectivity index (χ2v) is 7.03. The SMILES string of the molecule is N#CC1CC(Oc2nc(C34CC(N)(C3)C4)cs2)C1. The highest BCUT2D eigenvalue weighted by Gasteiger charge is 2.67. The summed E-state index contributed by atoms with van der Waals surface area (Å²) in [6.45, 7) is 0. The molecule has 0 amide bonds. The summed E-state index contributed by atoms with van der Waals surface area (Å²) in [5.41, 5.74) is 7.65. The highest BCUT2D eigenvalue weighted by molar-refractivity contribution is 7.11. The van der Waals surface area contributed by atoms with E-state index in [1.807, 2.05) is 0 Å². The summed E-state index contributed by atoms with van der Waals surface area (Å²) < 4.78 is 5.79. The first-order valence-corrected chi connectivity index (χ1v) is 7.30. The van der Waals surface area contributed by atoms with Crippen molar-refractivity contribution in [3.8, 4) is 11.3 Å². The molecule has 4 aliphatic rings. The lowest BCUT2D eigenvalue weighted by Crippen LogP contribution is -2.74. The third-order valence-corrected chi connectivity index (χ3v) is 5.37. The number of thiazole rings is 1.